The minimum absolute atomic E-state index is 0.604. The van der Waals surface area contributed by atoms with Crippen LogP contribution >= 0.6 is 22.6 Å². The van der Waals surface area contributed by atoms with Crippen LogP contribution in [0, 0.1) is 17.4 Å². The van der Waals surface area contributed by atoms with Crippen LogP contribution in [0.5, 0.6) is 11.5 Å². The SMILES string of the molecule is COc1ccc(CN/N=C\c2cc(C)n(-c3ccc(I)cc3)c2C)cc1OC. The number of nitrogens with zero attached hydrogens (tertiary/aromatic N) is 2. The molecule has 0 fully saturated rings. The molecule has 0 saturated carbocycles. The van der Waals surface area contributed by atoms with E-state index in [-0.39, 0.29) is 0 Å². The van der Waals surface area contributed by atoms with E-state index in [9.17, 15) is 0 Å². The Bertz CT molecular complexity index is 978. The number of benzene rings is 2. The van der Waals surface area contributed by atoms with Crippen molar-refractivity contribution >= 4 is 28.8 Å². The van der Waals surface area contributed by atoms with E-state index < -0.39 is 0 Å². The van der Waals surface area contributed by atoms with Crippen LogP contribution in [0.25, 0.3) is 5.69 Å². The third kappa shape index (κ3) is 4.49. The zero-order valence-electron chi connectivity index (χ0n) is 16.5. The molecule has 1 aromatic heterocycles. The first kappa shape index (κ1) is 20.3. The number of methoxy groups -OCH3 is 2. The number of aryl methyl sites for hydroxylation is 1. The lowest BCUT2D eigenvalue weighted by atomic mass is 10.2. The van der Waals surface area contributed by atoms with Crippen LogP contribution in [0.2, 0.25) is 0 Å². The van der Waals surface area contributed by atoms with Gasteiger partial charge in [-0.25, -0.2) is 0 Å². The van der Waals surface area contributed by atoms with Crippen LogP contribution < -0.4 is 14.9 Å². The van der Waals surface area contributed by atoms with Crippen molar-refractivity contribution in [3.05, 3.63) is 74.6 Å². The van der Waals surface area contributed by atoms with E-state index in [1.807, 2.05) is 24.4 Å². The average Bonchev–Trinajstić information content (AvgIpc) is 2.99. The van der Waals surface area contributed by atoms with Gasteiger partial charge in [-0.3, -0.25) is 0 Å². The second kappa shape index (κ2) is 9.14. The van der Waals surface area contributed by atoms with E-state index in [1.165, 1.54) is 9.26 Å². The smallest absolute Gasteiger partial charge is 0.161 e. The Morgan fingerprint density at radius 3 is 2.39 bits per heavy atom. The number of hydrogen-bond acceptors (Lipinski definition) is 4. The van der Waals surface area contributed by atoms with E-state index in [1.54, 1.807) is 14.2 Å². The first-order valence-electron chi connectivity index (χ1n) is 8.95. The highest BCUT2D eigenvalue weighted by molar-refractivity contribution is 14.1. The lowest BCUT2D eigenvalue weighted by Gasteiger charge is -2.10. The summed E-state index contributed by atoms with van der Waals surface area (Å²) in [5.41, 5.74) is 8.77. The Morgan fingerprint density at radius 2 is 1.71 bits per heavy atom. The van der Waals surface area contributed by atoms with Crippen LogP contribution in [0.1, 0.15) is 22.5 Å². The quantitative estimate of drug-likeness (QED) is 0.294. The minimum atomic E-state index is 0.604. The third-order valence-electron chi connectivity index (χ3n) is 4.58. The van der Waals surface area contributed by atoms with Crippen molar-refractivity contribution in [3.8, 4) is 17.2 Å². The van der Waals surface area contributed by atoms with Gasteiger partial charge in [-0.05, 0) is 84.5 Å². The molecule has 0 aliphatic heterocycles. The highest BCUT2D eigenvalue weighted by Crippen LogP contribution is 2.27. The Morgan fingerprint density at radius 1 is 1.00 bits per heavy atom. The third-order valence-corrected chi connectivity index (χ3v) is 5.30. The molecule has 0 aliphatic rings. The van der Waals surface area contributed by atoms with Crippen LogP contribution in [-0.2, 0) is 6.54 Å². The first-order chi connectivity index (χ1) is 13.5. The largest absolute Gasteiger partial charge is 0.493 e. The number of aromatic nitrogens is 1. The summed E-state index contributed by atoms with van der Waals surface area (Å²) in [5, 5.41) is 4.40. The predicted octanol–water partition coefficient (Wildman–Crippen LogP) is 4.84. The summed E-state index contributed by atoms with van der Waals surface area (Å²) < 4.78 is 14.1. The van der Waals surface area contributed by atoms with Crippen molar-refractivity contribution < 1.29 is 9.47 Å². The number of nitrogens with one attached hydrogen (secondary N) is 1. The number of hydrazone groups is 1. The maximum absolute atomic E-state index is 5.34. The second-order valence-electron chi connectivity index (χ2n) is 6.42. The zero-order chi connectivity index (χ0) is 20.1. The van der Waals surface area contributed by atoms with Gasteiger partial charge < -0.3 is 19.5 Å². The van der Waals surface area contributed by atoms with Crippen molar-refractivity contribution in [1.82, 2.24) is 9.99 Å². The topological polar surface area (TPSA) is 47.8 Å². The molecular formula is C22H24IN3O2. The van der Waals surface area contributed by atoms with Crippen LogP contribution in [0.3, 0.4) is 0 Å². The standard InChI is InChI=1S/C22H24IN3O2/c1-15-11-18(16(2)26(15)20-8-6-19(23)7-9-20)14-25-24-13-17-5-10-21(27-3)22(12-17)28-4/h5-12,14,24H,13H2,1-4H3/b25-14-. The lowest BCUT2D eigenvalue weighted by Crippen LogP contribution is -2.06. The molecule has 0 amide bonds. The van der Waals surface area contributed by atoms with E-state index in [4.69, 9.17) is 9.47 Å². The Labute approximate surface area is 179 Å². The molecule has 28 heavy (non-hydrogen) atoms. The summed E-state index contributed by atoms with van der Waals surface area (Å²) >= 11 is 2.32. The molecular weight excluding hydrogens is 465 g/mol. The van der Waals surface area contributed by atoms with E-state index in [0.29, 0.717) is 12.3 Å². The van der Waals surface area contributed by atoms with Gasteiger partial charge in [0.1, 0.15) is 0 Å². The number of rotatable bonds is 7. The number of ether oxygens (including phenoxy) is 2. The van der Waals surface area contributed by atoms with E-state index >= 15 is 0 Å². The highest BCUT2D eigenvalue weighted by Gasteiger charge is 2.09. The summed E-state index contributed by atoms with van der Waals surface area (Å²) in [6.45, 7) is 4.83. The molecule has 0 unspecified atom stereocenters. The average molecular weight is 489 g/mol. The van der Waals surface area contributed by atoms with Gasteiger partial charge in [0.15, 0.2) is 11.5 Å². The van der Waals surface area contributed by atoms with Gasteiger partial charge in [0.2, 0.25) is 0 Å². The summed E-state index contributed by atoms with van der Waals surface area (Å²) in [4.78, 5) is 0. The van der Waals surface area contributed by atoms with Crippen LogP contribution in [0.15, 0.2) is 53.6 Å². The molecule has 0 radical (unpaired) electrons. The zero-order valence-corrected chi connectivity index (χ0v) is 18.6. The summed E-state index contributed by atoms with van der Waals surface area (Å²) in [6.07, 6.45) is 1.87. The molecule has 0 bridgehead atoms. The van der Waals surface area contributed by atoms with E-state index in [2.05, 4.69) is 81.9 Å². The van der Waals surface area contributed by atoms with Crippen molar-refractivity contribution in [2.75, 3.05) is 14.2 Å². The van der Waals surface area contributed by atoms with Gasteiger partial charge in [0, 0.05) is 26.2 Å². The summed E-state index contributed by atoms with van der Waals surface area (Å²) in [5.74, 6) is 1.43. The van der Waals surface area contributed by atoms with Gasteiger partial charge in [-0.2, -0.15) is 5.10 Å². The van der Waals surface area contributed by atoms with Gasteiger partial charge in [-0.15, -0.1) is 0 Å². The Hall–Kier alpha value is -2.48. The fraction of sp³-hybridized carbons (Fsp3) is 0.227. The maximum atomic E-state index is 5.34. The van der Waals surface area contributed by atoms with Gasteiger partial charge >= 0.3 is 0 Å². The fourth-order valence-corrected chi connectivity index (χ4v) is 3.51. The van der Waals surface area contributed by atoms with E-state index in [0.717, 1.165) is 28.3 Å². The number of halogens is 1. The maximum Gasteiger partial charge on any atom is 0.161 e. The van der Waals surface area contributed by atoms with Crippen molar-refractivity contribution in [2.24, 2.45) is 5.10 Å². The summed E-state index contributed by atoms with van der Waals surface area (Å²) in [7, 11) is 3.27. The monoisotopic (exact) mass is 489 g/mol. The molecule has 0 atom stereocenters. The van der Waals surface area contributed by atoms with Crippen molar-refractivity contribution in [3.63, 3.8) is 0 Å². The van der Waals surface area contributed by atoms with Gasteiger partial charge in [0.05, 0.1) is 27.0 Å². The van der Waals surface area contributed by atoms with Crippen molar-refractivity contribution in [2.45, 2.75) is 20.4 Å². The summed E-state index contributed by atoms with van der Waals surface area (Å²) in [6, 6.07) is 16.5. The molecule has 146 valence electrons. The van der Waals surface area contributed by atoms with Crippen molar-refractivity contribution in [1.29, 1.82) is 0 Å². The molecule has 6 heteroatoms. The minimum Gasteiger partial charge on any atom is -0.493 e. The highest BCUT2D eigenvalue weighted by atomic mass is 127. The van der Waals surface area contributed by atoms with Gasteiger partial charge in [0.25, 0.3) is 0 Å². The lowest BCUT2D eigenvalue weighted by molar-refractivity contribution is 0.354. The second-order valence-corrected chi connectivity index (χ2v) is 7.67. The molecule has 1 N–H and O–H groups in total. The molecule has 0 saturated heterocycles. The van der Waals surface area contributed by atoms with Crippen LogP contribution in [0.4, 0.5) is 0 Å². The molecule has 1 heterocycles. The molecule has 3 rings (SSSR count). The normalized spacial score (nSPS) is 11.0. The fourth-order valence-electron chi connectivity index (χ4n) is 3.15. The molecule has 5 nitrogen and oxygen atoms in total. The molecule has 2 aromatic carbocycles. The molecule has 0 spiro atoms. The predicted molar refractivity (Wildman–Crippen MR) is 122 cm³/mol. The molecule has 3 aromatic rings. The van der Waals surface area contributed by atoms with Crippen LogP contribution in [-0.4, -0.2) is 25.0 Å². The Kier molecular flexibility index (Phi) is 6.61. The Balaban J connectivity index is 1.70. The molecule has 0 aliphatic carbocycles. The van der Waals surface area contributed by atoms with Gasteiger partial charge in [-0.1, -0.05) is 6.07 Å². The number of hydrogen-bond donors (Lipinski definition) is 1. The first-order valence-corrected chi connectivity index (χ1v) is 10.0.